The third kappa shape index (κ3) is 1.35. The van der Waals surface area contributed by atoms with Crippen LogP contribution in [0.1, 0.15) is 25.7 Å². The van der Waals surface area contributed by atoms with Crippen LogP contribution in [0, 0.1) is 3.83 Å². The van der Waals surface area contributed by atoms with Gasteiger partial charge in [-0.05, 0) is 19.8 Å². The Kier molecular flexibility index (Phi) is 2.07. The molecule has 0 saturated carbocycles. The second-order valence-electron chi connectivity index (χ2n) is 3.05. The van der Waals surface area contributed by atoms with E-state index in [1.54, 1.807) is 0 Å². The Morgan fingerprint density at radius 1 is 1.58 bits per heavy atom. The van der Waals surface area contributed by atoms with Crippen molar-refractivity contribution < 1.29 is 9.26 Å². The van der Waals surface area contributed by atoms with Gasteiger partial charge >= 0.3 is 0 Å². The van der Waals surface area contributed by atoms with Crippen molar-refractivity contribution >= 4 is 22.6 Å². The van der Waals surface area contributed by atoms with Gasteiger partial charge in [-0.1, -0.05) is 5.16 Å². The standard InChI is InChI=1S/C7H9IN2O2/c1-7(3-2-4-11-7)5-9-6(8)10-12-5/h2-4H2,1H3. The molecule has 5 heteroatoms. The second-order valence-corrected chi connectivity index (χ2v) is 4.02. The summed E-state index contributed by atoms with van der Waals surface area (Å²) in [6.07, 6.45) is 2.03. The van der Waals surface area contributed by atoms with Gasteiger partial charge in [0.1, 0.15) is 5.60 Å². The Balaban J connectivity index is 2.28. The van der Waals surface area contributed by atoms with E-state index in [0.29, 0.717) is 9.72 Å². The Morgan fingerprint density at radius 2 is 2.42 bits per heavy atom. The highest BCUT2D eigenvalue weighted by Crippen LogP contribution is 2.34. The maximum atomic E-state index is 5.54. The Bertz CT molecular complexity index is 281. The lowest BCUT2D eigenvalue weighted by atomic mass is 10.0. The SMILES string of the molecule is CC1(c2nc(I)no2)CCCO1. The molecule has 0 bridgehead atoms. The Morgan fingerprint density at radius 3 is 2.92 bits per heavy atom. The quantitative estimate of drug-likeness (QED) is 0.735. The van der Waals surface area contributed by atoms with E-state index in [2.05, 4.69) is 10.1 Å². The Hall–Kier alpha value is -0.170. The number of hydrogen-bond acceptors (Lipinski definition) is 4. The molecule has 2 rings (SSSR count). The smallest absolute Gasteiger partial charge is 0.259 e. The van der Waals surface area contributed by atoms with Gasteiger partial charge in [-0.2, -0.15) is 4.98 Å². The van der Waals surface area contributed by atoms with Crippen molar-refractivity contribution in [2.45, 2.75) is 25.4 Å². The molecule has 0 aliphatic carbocycles. The first-order valence-electron chi connectivity index (χ1n) is 3.84. The van der Waals surface area contributed by atoms with Gasteiger partial charge in [-0.3, -0.25) is 0 Å². The fraction of sp³-hybridized carbons (Fsp3) is 0.714. The molecule has 2 heterocycles. The molecule has 1 aromatic heterocycles. The molecule has 0 radical (unpaired) electrons. The minimum absolute atomic E-state index is 0.337. The van der Waals surface area contributed by atoms with E-state index < -0.39 is 0 Å². The largest absolute Gasteiger partial charge is 0.365 e. The van der Waals surface area contributed by atoms with Gasteiger partial charge < -0.3 is 9.26 Å². The highest BCUT2D eigenvalue weighted by molar-refractivity contribution is 14.1. The summed E-state index contributed by atoms with van der Waals surface area (Å²) in [5.74, 6) is 0.601. The molecule has 66 valence electrons. The van der Waals surface area contributed by atoms with E-state index in [0.717, 1.165) is 19.4 Å². The van der Waals surface area contributed by atoms with Gasteiger partial charge in [0.05, 0.1) is 0 Å². The molecule has 1 aliphatic heterocycles. The molecular weight excluding hydrogens is 271 g/mol. The van der Waals surface area contributed by atoms with Crippen molar-refractivity contribution in [3.63, 3.8) is 0 Å². The number of nitrogens with zero attached hydrogens (tertiary/aromatic N) is 2. The predicted molar refractivity (Wildman–Crippen MR) is 49.6 cm³/mol. The monoisotopic (exact) mass is 280 g/mol. The lowest BCUT2D eigenvalue weighted by Gasteiger charge is -2.16. The van der Waals surface area contributed by atoms with Crippen LogP contribution in [0.4, 0.5) is 0 Å². The van der Waals surface area contributed by atoms with Crippen LogP contribution in [0.2, 0.25) is 0 Å². The van der Waals surface area contributed by atoms with Crippen molar-refractivity contribution in [3.8, 4) is 0 Å². The summed E-state index contributed by atoms with van der Waals surface area (Å²) < 4.78 is 11.2. The highest BCUT2D eigenvalue weighted by Gasteiger charge is 2.37. The van der Waals surface area contributed by atoms with Crippen molar-refractivity contribution in [2.75, 3.05) is 6.61 Å². The predicted octanol–water partition coefficient (Wildman–Crippen LogP) is 1.70. The minimum atomic E-state index is -0.337. The number of rotatable bonds is 1. The van der Waals surface area contributed by atoms with Gasteiger partial charge in [0, 0.05) is 29.2 Å². The van der Waals surface area contributed by atoms with Crippen LogP contribution < -0.4 is 0 Å². The lowest BCUT2D eigenvalue weighted by molar-refractivity contribution is -0.00937. The van der Waals surface area contributed by atoms with Gasteiger partial charge in [-0.15, -0.1) is 0 Å². The lowest BCUT2D eigenvalue weighted by Crippen LogP contribution is -2.20. The third-order valence-electron chi connectivity index (χ3n) is 2.07. The first kappa shape index (κ1) is 8.43. The van der Waals surface area contributed by atoms with Crippen LogP contribution in [-0.2, 0) is 10.3 Å². The Labute approximate surface area is 83.8 Å². The van der Waals surface area contributed by atoms with E-state index in [4.69, 9.17) is 9.26 Å². The minimum Gasteiger partial charge on any atom is -0.365 e. The zero-order valence-corrected chi connectivity index (χ0v) is 8.87. The molecular formula is C7H9IN2O2. The number of aromatic nitrogens is 2. The van der Waals surface area contributed by atoms with Crippen LogP contribution in [-0.4, -0.2) is 16.7 Å². The molecule has 1 aliphatic rings. The summed E-state index contributed by atoms with van der Waals surface area (Å²) in [6.45, 7) is 2.78. The van der Waals surface area contributed by atoms with Crippen molar-refractivity contribution in [3.05, 3.63) is 9.72 Å². The molecule has 1 aromatic rings. The van der Waals surface area contributed by atoms with Crippen molar-refractivity contribution in [2.24, 2.45) is 0 Å². The van der Waals surface area contributed by atoms with Gasteiger partial charge in [0.2, 0.25) is 3.83 Å². The van der Waals surface area contributed by atoms with E-state index in [-0.39, 0.29) is 5.60 Å². The summed E-state index contributed by atoms with van der Waals surface area (Å²) in [7, 11) is 0. The zero-order chi connectivity index (χ0) is 8.60. The second kappa shape index (κ2) is 2.95. The van der Waals surface area contributed by atoms with Gasteiger partial charge in [0.15, 0.2) is 0 Å². The zero-order valence-electron chi connectivity index (χ0n) is 6.71. The molecule has 1 atom stereocenters. The van der Waals surface area contributed by atoms with Crippen molar-refractivity contribution in [1.82, 2.24) is 10.1 Å². The van der Waals surface area contributed by atoms with Crippen LogP contribution in [0.15, 0.2) is 4.52 Å². The summed E-state index contributed by atoms with van der Waals surface area (Å²) in [6, 6.07) is 0. The van der Waals surface area contributed by atoms with Crippen LogP contribution >= 0.6 is 22.6 Å². The van der Waals surface area contributed by atoms with E-state index in [1.165, 1.54) is 0 Å². The van der Waals surface area contributed by atoms with Crippen molar-refractivity contribution in [1.29, 1.82) is 0 Å². The van der Waals surface area contributed by atoms with E-state index >= 15 is 0 Å². The maximum absolute atomic E-state index is 5.54. The first-order valence-corrected chi connectivity index (χ1v) is 4.92. The normalized spacial score (nSPS) is 29.5. The average molecular weight is 280 g/mol. The molecule has 0 amide bonds. The van der Waals surface area contributed by atoms with Gasteiger partial charge in [-0.25, -0.2) is 0 Å². The highest BCUT2D eigenvalue weighted by atomic mass is 127. The van der Waals surface area contributed by atoms with E-state index in [1.807, 2.05) is 29.5 Å². The first-order chi connectivity index (χ1) is 5.71. The number of hydrogen-bond donors (Lipinski definition) is 0. The summed E-state index contributed by atoms with van der Waals surface area (Å²) in [4.78, 5) is 4.15. The fourth-order valence-corrected chi connectivity index (χ4v) is 1.69. The topological polar surface area (TPSA) is 48.2 Å². The molecule has 12 heavy (non-hydrogen) atoms. The molecule has 0 aromatic carbocycles. The number of ether oxygens (including phenoxy) is 1. The molecule has 4 nitrogen and oxygen atoms in total. The molecule has 1 fully saturated rings. The van der Waals surface area contributed by atoms with E-state index in [9.17, 15) is 0 Å². The maximum Gasteiger partial charge on any atom is 0.259 e. The fourth-order valence-electron chi connectivity index (χ4n) is 1.37. The van der Waals surface area contributed by atoms with Gasteiger partial charge in [0.25, 0.3) is 5.89 Å². The third-order valence-corrected chi connectivity index (χ3v) is 2.51. The van der Waals surface area contributed by atoms with Crippen LogP contribution in [0.5, 0.6) is 0 Å². The summed E-state index contributed by atoms with van der Waals surface area (Å²) >= 11 is 2.02. The molecule has 1 saturated heterocycles. The van der Waals surface area contributed by atoms with Crippen LogP contribution in [0.25, 0.3) is 0 Å². The van der Waals surface area contributed by atoms with Crippen LogP contribution in [0.3, 0.4) is 0 Å². The average Bonchev–Trinajstić information content (AvgIpc) is 2.59. The molecule has 1 unspecified atom stereocenters. The summed E-state index contributed by atoms with van der Waals surface area (Å²) in [5, 5.41) is 3.73. The molecule has 0 N–H and O–H groups in total. The summed E-state index contributed by atoms with van der Waals surface area (Å²) in [5.41, 5.74) is -0.337. The molecule has 0 spiro atoms. The number of halogens is 1.